The van der Waals surface area contributed by atoms with E-state index >= 15 is 0 Å². The maximum atomic E-state index is 12.7. The zero-order valence-corrected chi connectivity index (χ0v) is 19.2. The molecule has 0 unspecified atom stereocenters. The molecule has 1 aliphatic rings. The van der Waals surface area contributed by atoms with E-state index in [1.54, 1.807) is 30.3 Å². The minimum absolute atomic E-state index is 0.243. The van der Waals surface area contributed by atoms with Crippen LogP contribution in [0.4, 0.5) is 11.4 Å². The van der Waals surface area contributed by atoms with Crippen molar-refractivity contribution < 1.29 is 13.2 Å². The van der Waals surface area contributed by atoms with Gasteiger partial charge in [-0.15, -0.1) is 0 Å². The fraction of sp³-hybridized carbons (Fsp3) is 0.400. The molecule has 6 nitrogen and oxygen atoms in total. The minimum atomic E-state index is -3.65. The molecule has 0 aliphatic carbocycles. The van der Waals surface area contributed by atoms with Gasteiger partial charge in [-0.3, -0.25) is 4.72 Å². The molecule has 8 heteroatoms. The lowest BCUT2D eigenvalue weighted by atomic mass is 10.1. The monoisotopic (exact) mass is 515 g/mol. The summed E-state index contributed by atoms with van der Waals surface area (Å²) in [5.74, 6) is 0.765. The highest BCUT2D eigenvalue weighted by atomic mass is 127. The number of rotatable bonds is 6. The van der Waals surface area contributed by atoms with Gasteiger partial charge in [0.1, 0.15) is 5.75 Å². The molecule has 0 saturated carbocycles. The first kappa shape index (κ1) is 21.2. The molecule has 0 aromatic heterocycles. The van der Waals surface area contributed by atoms with Crippen molar-refractivity contribution in [3.05, 3.63) is 46.0 Å². The Labute approximate surface area is 180 Å². The highest BCUT2D eigenvalue weighted by Crippen LogP contribution is 2.33. The molecule has 1 heterocycles. The van der Waals surface area contributed by atoms with Crippen LogP contribution in [0.1, 0.15) is 20.8 Å². The van der Waals surface area contributed by atoms with Crippen molar-refractivity contribution in [1.29, 1.82) is 0 Å². The molecule has 0 radical (unpaired) electrons. The second-order valence-corrected chi connectivity index (χ2v) is 9.98. The van der Waals surface area contributed by atoms with Gasteiger partial charge < -0.3 is 15.0 Å². The van der Waals surface area contributed by atoms with Gasteiger partial charge >= 0.3 is 0 Å². The lowest BCUT2D eigenvalue weighted by Crippen LogP contribution is -2.54. The van der Waals surface area contributed by atoms with E-state index in [2.05, 4.69) is 51.4 Å². The van der Waals surface area contributed by atoms with Gasteiger partial charge in [-0.1, -0.05) is 0 Å². The van der Waals surface area contributed by atoms with E-state index in [1.807, 2.05) is 19.1 Å². The summed E-state index contributed by atoms with van der Waals surface area (Å²) >= 11 is 2.15. The molecule has 3 rings (SSSR count). The van der Waals surface area contributed by atoms with Gasteiger partial charge in [0.15, 0.2) is 0 Å². The van der Waals surface area contributed by atoms with E-state index in [4.69, 9.17) is 4.74 Å². The predicted octanol–water partition coefficient (Wildman–Crippen LogP) is 3.68. The number of benzene rings is 2. The summed E-state index contributed by atoms with van der Waals surface area (Å²) in [4.78, 5) is 2.49. The molecule has 2 atom stereocenters. The zero-order chi connectivity index (χ0) is 20.3. The Balaban J connectivity index is 1.91. The maximum Gasteiger partial charge on any atom is 0.261 e. The van der Waals surface area contributed by atoms with Crippen molar-refractivity contribution in [1.82, 2.24) is 5.32 Å². The molecule has 152 valence electrons. The number of hydrogen-bond acceptors (Lipinski definition) is 5. The third kappa shape index (κ3) is 5.09. The van der Waals surface area contributed by atoms with Crippen LogP contribution in [0.3, 0.4) is 0 Å². The van der Waals surface area contributed by atoms with Gasteiger partial charge in [0, 0.05) is 28.7 Å². The Morgan fingerprint density at radius 2 is 1.79 bits per heavy atom. The maximum absolute atomic E-state index is 12.7. The van der Waals surface area contributed by atoms with E-state index in [9.17, 15) is 8.42 Å². The predicted molar refractivity (Wildman–Crippen MR) is 122 cm³/mol. The average Bonchev–Trinajstić information content (AvgIpc) is 2.62. The van der Waals surface area contributed by atoms with Crippen LogP contribution in [-0.2, 0) is 10.0 Å². The van der Waals surface area contributed by atoms with Crippen molar-refractivity contribution in [2.45, 2.75) is 37.8 Å². The highest BCUT2D eigenvalue weighted by molar-refractivity contribution is 14.1. The number of anilines is 2. The Morgan fingerprint density at radius 3 is 2.39 bits per heavy atom. The van der Waals surface area contributed by atoms with Crippen molar-refractivity contribution in [2.24, 2.45) is 0 Å². The first-order valence-corrected chi connectivity index (χ1v) is 11.9. The molecule has 0 bridgehead atoms. The summed E-state index contributed by atoms with van der Waals surface area (Å²) in [6, 6.07) is 12.9. The van der Waals surface area contributed by atoms with Crippen LogP contribution >= 0.6 is 22.6 Å². The van der Waals surface area contributed by atoms with Crippen LogP contribution < -0.4 is 19.7 Å². The van der Waals surface area contributed by atoms with Gasteiger partial charge in [0.05, 0.1) is 22.9 Å². The Hall–Kier alpha value is -1.52. The molecule has 1 fully saturated rings. The van der Waals surface area contributed by atoms with Crippen molar-refractivity contribution in [3.8, 4) is 5.75 Å². The van der Waals surface area contributed by atoms with Crippen molar-refractivity contribution >= 4 is 44.0 Å². The zero-order valence-electron chi connectivity index (χ0n) is 16.3. The number of sulfonamides is 1. The van der Waals surface area contributed by atoms with E-state index < -0.39 is 10.0 Å². The van der Waals surface area contributed by atoms with Gasteiger partial charge in [-0.05, 0) is 85.8 Å². The summed E-state index contributed by atoms with van der Waals surface area (Å²) in [7, 11) is -3.65. The molecule has 28 heavy (non-hydrogen) atoms. The Bertz CT molecular complexity index is 909. The van der Waals surface area contributed by atoms with Crippen LogP contribution in [0.15, 0.2) is 47.4 Å². The molecule has 0 spiro atoms. The first-order valence-electron chi connectivity index (χ1n) is 9.34. The van der Waals surface area contributed by atoms with Crippen molar-refractivity contribution in [3.63, 3.8) is 0 Å². The normalized spacial score (nSPS) is 20.1. The number of nitrogens with one attached hydrogen (secondary N) is 2. The van der Waals surface area contributed by atoms with Gasteiger partial charge in [0.25, 0.3) is 10.0 Å². The van der Waals surface area contributed by atoms with Gasteiger partial charge in [0.2, 0.25) is 0 Å². The third-order valence-corrected chi connectivity index (χ3v) is 6.65. The second kappa shape index (κ2) is 8.87. The van der Waals surface area contributed by atoms with E-state index in [-0.39, 0.29) is 4.90 Å². The summed E-state index contributed by atoms with van der Waals surface area (Å²) < 4.78 is 35.0. The van der Waals surface area contributed by atoms with Crippen LogP contribution in [0.5, 0.6) is 5.75 Å². The summed E-state index contributed by atoms with van der Waals surface area (Å²) in [5.41, 5.74) is 1.43. The van der Waals surface area contributed by atoms with Crippen LogP contribution in [0.2, 0.25) is 0 Å². The summed E-state index contributed by atoms with van der Waals surface area (Å²) in [6.45, 7) is 8.45. The molecular formula is C20H26IN3O3S. The Morgan fingerprint density at radius 1 is 1.14 bits per heavy atom. The third-order valence-electron chi connectivity index (χ3n) is 4.53. The van der Waals surface area contributed by atoms with Crippen LogP contribution in [-0.4, -0.2) is 40.2 Å². The average molecular weight is 515 g/mol. The van der Waals surface area contributed by atoms with Crippen LogP contribution in [0, 0.1) is 3.57 Å². The fourth-order valence-electron chi connectivity index (χ4n) is 3.46. The molecular weight excluding hydrogens is 489 g/mol. The lowest BCUT2D eigenvalue weighted by Gasteiger charge is -2.38. The largest absolute Gasteiger partial charge is 0.492 e. The van der Waals surface area contributed by atoms with E-state index in [1.165, 1.54) is 0 Å². The summed E-state index contributed by atoms with van der Waals surface area (Å²) in [5, 5.41) is 3.51. The van der Waals surface area contributed by atoms with E-state index in [0.717, 1.165) is 28.1 Å². The number of ether oxygens (including phenoxy) is 1. The first-order chi connectivity index (χ1) is 13.3. The van der Waals surface area contributed by atoms with Gasteiger partial charge in [-0.2, -0.15) is 0 Å². The SMILES string of the molecule is CCOc1ccc(NS(=O)(=O)c2ccc(I)cc2)cc1N1C[C@@H](C)N[C@@H](C)C1. The Kier molecular flexibility index (Phi) is 6.72. The van der Waals surface area contributed by atoms with E-state index in [0.29, 0.717) is 24.4 Å². The minimum Gasteiger partial charge on any atom is -0.492 e. The molecule has 2 aromatic carbocycles. The molecule has 1 aliphatic heterocycles. The number of piperazine rings is 1. The van der Waals surface area contributed by atoms with Crippen LogP contribution in [0.25, 0.3) is 0 Å². The smallest absolute Gasteiger partial charge is 0.261 e. The number of nitrogens with zero attached hydrogens (tertiary/aromatic N) is 1. The molecule has 1 saturated heterocycles. The summed E-state index contributed by atoms with van der Waals surface area (Å²) in [6.07, 6.45) is 0. The molecule has 2 aromatic rings. The highest BCUT2D eigenvalue weighted by Gasteiger charge is 2.24. The number of halogens is 1. The fourth-order valence-corrected chi connectivity index (χ4v) is 4.87. The lowest BCUT2D eigenvalue weighted by molar-refractivity contribution is 0.337. The van der Waals surface area contributed by atoms with Gasteiger partial charge in [-0.25, -0.2) is 8.42 Å². The topological polar surface area (TPSA) is 70.7 Å². The molecule has 0 amide bonds. The number of hydrogen-bond donors (Lipinski definition) is 2. The van der Waals surface area contributed by atoms with Crippen molar-refractivity contribution in [2.75, 3.05) is 29.3 Å². The standard InChI is InChI=1S/C20H26IN3O3S/c1-4-27-20-10-7-17(11-19(20)24-12-14(2)22-15(3)13-24)23-28(25,26)18-8-5-16(21)6-9-18/h5-11,14-15,22-23H,4,12-13H2,1-3H3/t14-,15+. The molecule has 2 N–H and O–H groups in total. The quantitative estimate of drug-likeness (QED) is 0.575. The second-order valence-electron chi connectivity index (χ2n) is 7.05.